The van der Waals surface area contributed by atoms with Gasteiger partial charge in [-0.05, 0) is 32.0 Å². The van der Waals surface area contributed by atoms with Crippen LogP contribution in [-0.4, -0.2) is 12.6 Å². The molecule has 2 aromatic rings. The highest BCUT2D eigenvalue weighted by atomic mass is 16.5. The fraction of sp³-hybridized carbons (Fsp3) is 0.333. The van der Waals surface area contributed by atoms with Crippen molar-refractivity contribution in [1.82, 2.24) is 5.32 Å². The van der Waals surface area contributed by atoms with Crippen molar-refractivity contribution in [1.29, 1.82) is 0 Å². The van der Waals surface area contributed by atoms with Gasteiger partial charge in [-0.15, -0.1) is 0 Å². The van der Waals surface area contributed by atoms with Crippen LogP contribution in [0.2, 0.25) is 0 Å². The Labute approximate surface area is 108 Å². The van der Waals surface area contributed by atoms with Crippen molar-refractivity contribution in [2.75, 3.05) is 6.61 Å². The molecule has 2 rings (SSSR count). The van der Waals surface area contributed by atoms with Gasteiger partial charge in [0.2, 0.25) is 0 Å². The molecule has 0 amide bonds. The topological polar surface area (TPSA) is 34.4 Å². The van der Waals surface area contributed by atoms with Crippen LogP contribution >= 0.6 is 0 Å². The summed E-state index contributed by atoms with van der Waals surface area (Å²) in [6, 6.07) is 10.4. The summed E-state index contributed by atoms with van der Waals surface area (Å²) in [5.74, 6) is 0.914. The second-order valence-corrected chi connectivity index (χ2v) is 4.54. The number of benzene rings is 1. The van der Waals surface area contributed by atoms with Crippen molar-refractivity contribution in [3.8, 4) is 5.75 Å². The molecule has 1 N–H and O–H groups in total. The van der Waals surface area contributed by atoms with Gasteiger partial charge >= 0.3 is 0 Å². The van der Waals surface area contributed by atoms with Crippen LogP contribution in [0.15, 0.2) is 47.3 Å². The molecule has 0 bridgehead atoms. The van der Waals surface area contributed by atoms with E-state index >= 15 is 0 Å². The van der Waals surface area contributed by atoms with Gasteiger partial charge in [0.15, 0.2) is 0 Å². The molecule has 0 saturated carbocycles. The van der Waals surface area contributed by atoms with Crippen LogP contribution < -0.4 is 10.1 Å². The lowest BCUT2D eigenvalue weighted by Crippen LogP contribution is -2.31. The summed E-state index contributed by atoms with van der Waals surface area (Å²) in [7, 11) is 0. The van der Waals surface area contributed by atoms with Crippen molar-refractivity contribution in [2.24, 2.45) is 0 Å². The molecule has 1 aromatic carbocycles. The monoisotopic (exact) mass is 245 g/mol. The van der Waals surface area contributed by atoms with Crippen LogP contribution in [0.4, 0.5) is 0 Å². The Morgan fingerprint density at radius 2 is 2.00 bits per heavy atom. The number of furan rings is 1. The molecule has 0 fully saturated rings. The Kier molecular flexibility index (Phi) is 4.42. The largest absolute Gasteiger partial charge is 0.492 e. The molecule has 0 radical (unpaired) electrons. The third-order valence-electron chi connectivity index (χ3n) is 2.76. The van der Waals surface area contributed by atoms with E-state index in [9.17, 15) is 0 Å². The zero-order valence-corrected chi connectivity index (χ0v) is 10.8. The molecule has 3 nitrogen and oxygen atoms in total. The lowest BCUT2D eigenvalue weighted by Gasteiger charge is -2.14. The zero-order chi connectivity index (χ0) is 12.8. The fourth-order valence-electron chi connectivity index (χ4n) is 1.60. The predicted molar refractivity (Wildman–Crippen MR) is 71.7 cm³/mol. The molecular weight excluding hydrogens is 226 g/mol. The van der Waals surface area contributed by atoms with Gasteiger partial charge in [0.05, 0.1) is 12.5 Å². The van der Waals surface area contributed by atoms with Crippen molar-refractivity contribution in [3.05, 3.63) is 54.0 Å². The van der Waals surface area contributed by atoms with E-state index in [2.05, 4.69) is 31.3 Å². The molecule has 0 aliphatic heterocycles. The third kappa shape index (κ3) is 3.93. The fourth-order valence-corrected chi connectivity index (χ4v) is 1.60. The number of ether oxygens (including phenoxy) is 1. The minimum Gasteiger partial charge on any atom is -0.492 e. The normalized spacial score (nSPS) is 12.3. The number of aryl methyl sites for hydroxylation is 1. The van der Waals surface area contributed by atoms with E-state index in [4.69, 9.17) is 9.15 Å². The lowest BCUT2D eigenvalue weighted by atomic mass is 10.2. The van der Waals surface area contributed by atoms with E-state index in [1.165, 1.54) is 5.56 Å². The Bertz CT molecular complexity index is 448. The summed E-state index contributed by atoms with van der Waals surface area (Å²) in [6.45, 7) is 5.63. The van der Waals surface area contributed by atoms with Crippen LogP contribution in [0.5, 0.6) is 5.75 Å². The molecule has 1 aromatic heterocycles. The van der Waals surface area contributed by atoms with E-state index in [0.717, 1.165) is 17.9 Å². The Balaban J connectivity index is 1.71. The molecule has 0 aliphatic rings. The number of hydrogen-bond acceptors (Lipinski definition) is 3. The van der Waals surface area contributed by atoms with Crippen LogP contribution in [0, 0.1) is 6.92 Å². The van der Waals surface area contributed by atoms with E-state index in [1.807, 2.05) is 18.2 Å². The van der Waals surface area contributed by atoms with Crippen molar-refractivity contribution >= 4 is 0 Å². The number of hydrogen-bond donors (Lipinski definition) is 1. The summed E-state index contributed by atoms with van der Waals surface area (Å²) in [4.78, 5) is 0. The van der Waals surface area contributed by atoms with Gasteiger partial charge in [-0.1, -0.05) is 17.7 Å². The Morgan fingerprint density at radius 1 is 1.22 bits per heavy atom. The van der Waals surface area contributed by atoms with Crippen LogP contribution in [0.25, 0.3) is 0 Å². The van der Waals surface area contributed by atoms with Gasteiger partial charge in [-0.25, -0.2) is 0 Å². The number of rotatable bonds is 6. The third-order valence-corrected chi connectivity index (χ3v) is 2.76. The summed E-state index contributed by atoms with van der Waals surface area (Å²) in [6.07, 6.45) is 3.44. The molecule has 1 atom stereocenters. The van der Waals surface area contributed by atoms with E-state index < -0.39 is 0 Å². The average Bonchev–Trinajstić information content (AvgIpc) is 2.89. The molecule has 1 heterocycles. The first-order valence-corrected chi connectivity index (χ1v) is 6.18. The highest BCUT2D eigenvalue weighted by Gasteiger charge is 2.03. The quantitative estimate of drug-likeness (QED) is 0.849. The Morgan fingerprint density at radius 3 is 2.67 bits per heavy atom. The maximum Gasteiger partial charge on any atom is 0.119 e. The summed E-state index contributed by atoms with van der Waals surface area (Å²) < 4.78 is 10.7. The Hall–Kier alpha value is -1.74. The molecule has 3 heteroatoms. The minimum atomic E-state index is 0.293. The van der Waals surface area contributed by atoms with Crippen molar-refractivity contribution < 1.29 is 9.15 Å². The smallest absolute Gasteiger partial charge is 0.119 e. The lowest BCUT2D eigenvalue weighted by molar-refractivity contribution is 0.272. The highest BCUT2D eigenvalue weighted by molar-refractivity contribution is 5.26. The first-order valence-electron chi connectivity index (χ1n) is 6.18. The van der Waals surface area contributed by atoms with Crippen LogP contribution in [0.1, 0.15) is 18.1 Å². The minimum absolute atomic E-state index is 0.293. The average molecular weight is 245 g/mol. The van der Waals surface area contributed by atoms with E-state index in [1.54, 1.807) is 12.5 Å². The van der Waals surface area contributed by atoms with Gasteiger partial charge < -0.3 is 14.5 Å². The van der Waals surface area contributed by atoms with Gasteiger partial charge in [0.25, 0.3) is 0 Å². The zero-order valence-electron chi connectivity index (χ0n) is 10.8. The highest BCUT2D eigenvalue weighted by Crippen LogP contribution is 2.11. The second kappa shape index (κ2) is 6.26. The molecule has 18 heavy (non-hydrogen) atoms. The standard InChI is InChI=1S/C15H19NO2/c1-12-3-5-15(6-4-12)18-10-13(2)16-9-14-7-8-17-11-14/h3-8,11,13,16H,9-10H2,1-2H3. The molecule has 0 aliphatic carbocycles. The van der Waals surface area contributed by atoms with Gasteiger partial charge in [0, 0.05) is 18.2 Å². The van der Waals surface area contributed by atoms with Crippen LogP contribution in [-0.2, 0) is 6.54 Å². The number of nitrogens with one attached hydrogen (secondary N) is 1. The maximum absolute atomic E-state index is 5.71. The van der Waals surface area contributed by atoms with Gasteiger partial charge in [0.1, 0.15) is 12.4 Å². The first-order chi connectivity index (χ1) is 8.74. The molecule has 0 spiro atoms. The summed E-state index contributed by atoms with van der Waals surface area (Å²) in [5.41, 5.74) is 2.39. The molecule has 0 saturated heterocycles. The van der Waals surface area contributed by atoms with E-state index in [-0.39, 0.29) is 0 Å². The summed E-state index contributed by atoms with van der Waals surface area (Å²) >= 11 is 0. The molecule has 1 unspecified atom stereocenters. The van der Waals surface area contributed by atoms with Gasteiger partial charge in [-0.3, -0.25) is 0 Å². The predicted octanol–water partition coefficient (Wildman–Crippen LogP) is 3.15. The molecule has 96 valence electrons. The SMILES string of the molecule is Cc1ccc(OCC(C)NCc2ccoc2)cc1. The molecular formula is C15H19NO2. The second-order valence-electron chi connectivity index (χ2n) is 4.54. The van der Waals surface area contributed by atoms with Crippen LogP contribution in [0.3, 0.4) is 0 Å². The maximum atomic E-state index is 5.71. The first kappa shape index (κ1) is 12.7. The van der Waals surface area contributed by atoms with Crippen molar-refractivity contribution in [3.63, 3.8) is 0 Å². The van der Waals surface area contributed by atoms with E-state index in [0.29, 0.717) is 12.6 Å². The van der Waals surface area contributed by atoms with Crippen molar-refractivity contribution in [2.45, 2.75) is 26.4 Å². The van der Waals surface area contributed by atoms with Gasteiger partial charge in [-0.2, -0.15) is 0 Å². The summed E-state index contributed by atoms with van der Waals surface area (Å²) in [5, 5.41) is 3.38.